The molecule has 1 unspecified atom stereocenters. The minimum atomic E-state index is -0.615. The summed E-state index contributed by atoms with van der Waals surface area (Å²) < 4.78 is 13.2. The third-order valence-electron chi connectivity index (χ3n) is 7.99. The average molecular weight is 546 g/mol. The molecule has 2 aliphatic rings. The van der Waals surface area contributed by atoms with Gasteiger partial charge in [0.25, 0.3) is 11.5 Å². The van der Waals surface area contributed by atoms with Gasteiger partial charge < -0.3 is 24.5 Å². The predicted molar refractivity (Wildman–Crippen MR) is 152 cm³/mol. The summed E-state index contributed by atoms with van der Waals surface area (Å²) in [6, 6.07) is 13.4. The molecule has 2 saturated heterocycles. The van der Waals surface area contributed by atoms with Crippen LogP contribution in [-0.4, -0.2) is 94.2 Å². The molecule has 0 bridgehead atoms. The highest BCUT2D eigenvalue weighted by molar-refractivity contribution is 6.07. The fourth-order valence-corrected chi connectivity index (χ4v) is 5.79. The monoisotopic (exact) mass is 545 g/mol. The number of nitrogens with one attached hydrogen (secondary N) is 1. The Kier molecular flexibility index (Phi) is 7.55. The number of benzene rings is 2. The maximum atomic E-state index is 13.7. The van der Waals surface area contributed by atoms with E-state index >= 15 is 0 Å². The molecule has 210 valence electrons. The first kappa shape index (κ1) is 26.5. The minimum Gasteiger partial charge on any atom is -0.491 e. The Hall–Kier alpha value is -3.73. The lowest BCUT2D eigenvalue weighted by atomic mass is 10.0. The van der Waals surface area contributed by atoms with Crippen molar-refractivity contribution in [1.29, 1.82) is 0 Å². The maximum Gasteiger partial charge on any atom is 0.259 e. The van der Waals surface area contributed by atoms with Crippen LogP contribution in [0.5, 0.6) is 5.75 Å². The number of aliphatic hydroxyl groups excluding tert-OH is 1. The second-order valence-corrected chi connectivity index (χ2v) is 10.7. The zero-order valence-corrected chi connectivity index (χ0v) is 22.7. The molecule has 2 fully saturated rings. The predicted octanol–water partition coefficient (Wildman–Crippen LogP) is 2.74. The molecule has 0 radical (unpaired) electrons. The molecule has 2 N–H and O–H groups in total. The number of aromatic amines is 1. The number of amides is 1. The first-order chi connectivity index (χ1) is 19.5. The number of H-pyrrole nitrogens is 1. The fourth-order valence-electron chi connectivity index (χ4n) is 5.79. The molecule has 40 heavy (non-hydrogen) atoms. The molecule has 2 aliphatic heterocycles. The van der Waals surface area contributed by atoms with Crippen molar-refractivity contribution in [1.82, 2.24) is 24.6 Å². The van der Waals surface area contributed by atoms with Gasteiger partial charge in [0.1, 0.15) is 18.5 Å². The fraction of sp³-hybridized carbons (Fsp3) is 0.433. The molecular weight excluding hydrogens is 510 g/mol. The Morgan fingerprint density at radius 3 is 2.62 bits per heavy atom. The lowest BCUT2D eigenvalue weighted by Crippen LogP contribution is -2.51. The van der Waals surface area contributed by atoms with E-state index in [4.69, 9.17) is 9.47 Å². The number of carbonyl (C=O) groups excluding carboxylic acids is 1. The Morgan fingerprint density at radius 1 is 1.12 bits per heavy atom. The number of β-amino-alcohol motifs (C(OH)–C–C–N with tert-alkyl or cyclic N) is 1. The van der Waals surface area contributed by atoms with Gasteiger partial charge in [0, 0.05) is 56.9 Å². The van der Waals surface area contributed by atoms with Gasteiger partial charge in [-0.05, 0) is 49.6 Å². The van der Waals surface area contributed by atoms with Crippen molar-refractivity contribution >= 4 is 27.7 Å². The molecule has 10 nitrogen and oxygen atoms in total. The smallest absolute Gasteiger partial charge is 0.259 e. The van der Waals surface area contributed by atoms with Crippen LogP contribution < -0.4 is 10.3 Å². The molecule has 6 rings (SSSR count). The third kappa shape index (κ3) is 5.34. The number of fused-ring (bicyclic) bond motifs is 3. The summed E-state index contributed by atoms with van der Waals surface area (Å²) >= 11 is 0. The molecule has 1 atom stereocenters. The largest absolute Gasteiger partial charge is 0.491 e. The summed E-state index contributed by atoms with van der Waals surface area (Å²) in [7, 11) is 0. The van der Waals surface area contributed by atoms with Crippen molar-refractivity contribution < 1.29 is 19.4 Å². The SMILES string of the molecule is Cc1cc2[nH]c(=O)c3cnn(C4CCOCC4)c3c2cc1C(=O)N1CCN(CC(O)COc2ccccc2)CC1. The van der Waals surface area contributed by atoms with Crippen molar-refractivity contribution in [2.45, 2.75) is 31.9 Å². The van der Waals surface area contributed by atoms with E-state index < -0.39 is 6.10 Å². The summed E-state index contributed by atoms with van der Waals surface area (Å²) in [5.41, 5.74) is 2.76. The van der Waals surface area contributed by atoms with Crippen molar-refractivity contribution in [3.8, 4) is 5.75 Å². The van der Waals surface area contributed by atoms with Gasteiger partial charge >= 0.3 is 0 Å². The molecule has 4 aromatic rings. The minimum absolute atomic E-state index is 0.0245. The third-order valence-corrected chi connectivity index (χ3v) is 7.99. The maximum absolute atomic E-state index is 13.7. The van der Waals surface area contributed by atoms with Crippen molar-refractivity contribution in [2.75, 3.05) is 52.5 Å². The zero-order chi connectivity index (χ0) is 27.6. The Labute approximate surface area is 232 Å². The number of rotatable bonds is 7. The molecule has 1 amide bonds. The van der Waals surface area contributed by atoms with Crippen LogP contribution >= 0.6 is 0 Å². The lowest BCUT2D eigenvalue weighted by molar-refractivity contribution is 0.0403. The summed E-state index contributed by atoms with van der Waals surface area (Å²) in [4.78, 5) is 33.6. The summed E-state index contributed by atoms with van der Waals surface area (Å²) in [5.74, 6) is 0.711. The first-order valence-electron chi connectivity index (χ1n) is 14.0. The van der Waals surface area contributed by atoms with Gasteiger partial charge in [0.15, 0.2) is 0 Å². The van der Waals surface area contributed by atoms with E-state index in [1.807, 2.05) is 59.0 Å². The number of aromatic nitrogens is 3. The number of hydrogen-bond donors (Lipinski definition) is 2. The van der Waals surface area contributed by atoms with Crippen LogP contribution in [0, 0.1) is 6.92 Å². The second-order valence-electron chi connectivity index (χ2n) is 10.7. The van der Waals surface area contributed by atoms with E-state index in [0.717, 1.165) is 35.1 Å². The normalized spacial score (nSPS) is 17.9. The number of ether oxygens (including phenoxy) is 2. The zero-order valence-electron chi connectivity index (χ0n) is 22.7. The van der Waals surface area contributed by atoms with Crippen LogP contribution in [0.4, 0.5) is 0 Å². The standard InChI is InChI=1S/C30H35N5O5/c1-20-15-27-25(28-26(29(37)32-27)17-31-35(28)21-7-13-39-14-8-21)16-24(20)30(38)34-11-9-33(10-12-34)18-22(36)19-40-23-5-3-2-4-6-23/h2-6,15-17,21-22,36H,7-14,18-19H2,1H3,(H,32,37). The topological polar surface area (TPSA) is 113 Å². The number of aryl methyl sites for hydroxylation is 1. The number of pyridine rings is 1. The number of aliphatic hydroxyl groups is 1. The van der Waals surface area contributed by atoms with Gasteiger partial charge in [0.2, 0.25) is 0 Å². The Bertz CT molecular complexity index is 1550. The van der Waals surface area contributed by atoms with E-state index in [2.05, 4.69) is 15.0 Å². The van der Waals surface area contributed by atoms with Crippen LogP contribution in [0.3, 0.4) is 0 Å². The molecular formula is C30H35N5O5. The lowest BCUT2D eigenvalue weighted by Gasteiger charge is -2.35. The van der Waals surface area contributed by atoms with Gasteiger partial charge in [-0.25, -0.2) is 0 Å². The van der Waals surface area contributed by atoms with Crippen molar-refractivity contribution in [3.05, 3.63) is 70.1 Å². The molecule has 0 saturated carbocycles. The average Bonchev–Trinajstić information content (AvgIpc) is 3.43. The summed E-state index contributed by atoms with van der Waals surface area (Å²) in [5, 5.41) is 16.4. The van der Waals surface area contributed by atoms with E-state index in [1.165, 1.54) is 0 Å². The summed E-state index contributed by atoms with van der Waals surface area (Å²) in [6.45, 7) is 6.45. The van der Waals surface area contributed by atoms with Gasteiger partial charge in [-0.3, -0.25) is 19.2 Å². The number of nitrogens with zero attached hydrogens (tertiary/aromatic N) is 4. The highest BCUT2D eigenvalue weighted by Gasteiger charge is 2.26. The van der Waals surface area contributed by atoms with E-state index in [9.17, 15) is 14.7 Å². The quantitative estimate of drug-likeness (QED) is 0.367. The Morgan fingerprint density at radius 2 is 1.88 bits per heavy atom. The van der Waals surface area contributed by atoms with Crippen molar-refractivity contribution in [2.24, 2.45) is 0 Å². The number of para-hydroxylation sites is 1. The highest BCUT2D eigenvalue weighted by atomic mass is 16.5. The van der Waals surface area contributed by atoms with E-state index in [0.29, 0.717) is 62.4 Å². The number of hydrogen-bond acceptors (Lipinski definition) is 7. The Balaban J connectivity index is 1.17. The van der Waals surface area contributed by atoms with Crippen molar-refractivity contribution in [3.63, 3.8) is 0 Å². The van der Waals surface area contributed by atoms with Crippen LogP contribution in [0.2, 0.25) is 0 Å². The summed E-state index contributed by atoms with van der Waals surface area (Å²) in [6.07, 6.45) is 2.68. The van der Waals surface area contributed by atoms with Gasteiger partial charge in [-0.2, -0.15) is 5.10 Å². The van der Waals surface area contributed by atoms with E-state index in [1.54, 1.807) is 6.20 Å². The molecule has 10 heteroatoms. The van der Waals surface area contributed by atoms with Gasteiger partial charge in [-0.1, -0.05) is 18.2 Å². The van der Waals surface area contributed by atoms with Crippen LogP contribution in [0.1, 0.15) is 34.8 Å². The van der Waals surface area contributed by atoms with Gasteiger partial charge in [-0.15, -0.1) is 0 Å². The van der Waals surface area contributed by atoms with E-state index in [-0.39, 0.29) is 24.1 Å². The molecule has 0 aliphatic carbocycles. The molecule has 0 spiro atoms. The number of carbonyl (C=O) groups is 1. The van der Waals surface area contributed by atoms with Crippen LogP contribution in [0.15, 0.2) is 53.5 Å². The first-order valence-corrected chi connectivity index (χ1v) is 14.0. The van der Waals surface area contributed by atoms with Crippen LogP contribution in [-0.2, 0) is 4.74 Å². The van der Waals surface area contributed by atoms with Gasteiger partial charge in [0.05, 0.1) is 28.7 Å². The molecule has 2 aromatic heterocycles. The highest BCUT2D eigenvalue weighted by Crippen LogP contribution is 2.30. The molecule has 2 aromatic carbocycles. The molecule has 4 heterocycles. The number of piperazine rings is 1. The second kappa shape index (κ2) is 11.4. The van der Waals surface area contributed by atoms with Crippen LogP contribution in [0.25, 0.3) is 21.8 Å².